The number of halogens is 2. The second kappa shape index (κ2) is 5.04. The van der Waals surface area contributed by atoms with Gasteiger partial charge in [-0.05, 0) is 31.5 Å². The number of hydrogen-bond donors (Lipinski definition) is 2. The number of amides is 1. The Morgan fingerprint density at radius 1 is 1.44 bits per heavy atom. The molecule has 0 bridgehead atoms. The Morgan fingerprint density at radius 3 is 2.94 bits per heavy atom. The summed E-state index contributed by atoms with van der Waals surface area (Å²) in [6.07, 6.45) is 1.89. The lowest BCUT2D eigenvalue weighted by atomic mass is 10.2. The molecule has 1 saturated heterocycles. The van der Waals surface area contributed by atoms with E-state index in [4.69, 9.17) is 23.2 Å². The Labute approximate surface area is 104 Å². The standard InChI is InChI=1S/C11H12Cl2N2O/c12-7-3-1-4-8(10(7)13)15-11(16)9-5-2-6-14-9/h1,3-4,9,14H,2,5-6H2,(H,15,16)/t9-/m1/s1. The van der Waals surface area contributed by atoms with E-state index in [0.717, 1.165) is 19.4 Å². The number of hydrogen-bond acceptors (Lipinski definition) is 2. The first-order valence-corrected chi connectivity index (χ1v) is 5.92. The summed E-state index contributed by atoms with van der Waals surface area (Å²) in [5.41, 5.74) is 0.563. The SMILES string of the molecule is O=C(Nc1cccc(Cl)c1Cl)[C@H]1CCCN1. The molecule has 1 aliphatic rings. The summed E-state index contributed by atoms with van der Waals surface area (Å²) in [5, 5.41) is 6.73. The third kappa shape index (κ3) is 2.48. The zero-order valence-corrected chi connectivity index (χ0v) is 10.1. The summed E-state index contributed by atoms with van der Waals surface area (Å²) in [4.78, 5) is 11.8. The first-order chi connectivity index (χ1) is 7.68. The van der Waals surface area contributed by atoms with Crippen LogP contribution >= 0.6 is 23.2 Å². The van der Waals surface area contributed by atoms with E-state index in [2.05, 4.69) is 10.6 Å². The van der Waals surface area contributed by atoms with E-state index in [0.29, 0.717) is 15.7 Å². The Bertz CT molecular complexity index is 403. The molecule has 2 N–H and O–H groups in total. The van der Waals surface area contributed by atoms with Gasteiger partial charge in [-0.15, -0.1) is 0 Å². The molecule has 0 aliphatic carbocycles. The molecular formula is C11H12Cl2N2O. The zero-order chi connectivity index (χ0) is 11.5. The van der Waals surface area contributed by atoms with E-state index < -0.39 is 0 Å². The van der Waals surface area contributed by atoms with Crippen molar-refractivity contribution < 1.29 is 4.79 Å². The van der Waals surface area contributed by atoms with Crippen molar-refractivity contribution in [3.8, 4) is 0 Å². The van der Waals surface area contributed by atoms with Gasteiger partial charge in [0.2, 0.25) is 5.91 Å². The molecule has 1 aliphatic heterocycles. The molecule has 0 aromatic heterocycles. The normalized spacial score (nSPS) is 19.8. The van der Waals surface area contributed by atoms with Crippen molar-refractivity contribution in [2.75, 3.05) is 11.9 Å². The van der Waals surface area contributed by atoms with Gasteiger partial charge in [0.1, 0.15) is 0 Å². The van der Waals surface area contributed by atoms with E-state index in [1.807, 2.05) is 0 Å². The van der Waals surface area contributed by atoms with Crippen LogP contribution in [0.5, 0.6) is 0 Å². The summed E-state index contributed by atoms with van der Waals surface area (Å²) in [5.74, 6) is -0.0540. The average molecular weight is 259 g/mol. The first kappa shape index (κ1) is 11.7. The van der Waals surface area contributed by atoms with Gasteiger partial charge >= 0.3 is 0 Å². The third-order valence-electron chi connectivity index (χ3n) is 2.59. The van der Waals surface area contributed by atoms with Crippen LogP contribution in [0.25, 0.3) is 0 Å². The van der Waals surface area contributed by atoms with E-state index in [1.54, 1.807) is 18.2 Å². The zero-order valence-electron chi connectivity index (χ0n) is 8.59. The minimum absolute atomic E-state index is 0.0540. The molecule has 0 unspecified atom stereocenters. The molecule has 1 atom stereocenters. The first-order valence-electron chi connectivity index (χ1n) is 5.17. The lowest BCUT2D eigenvalue weighted by Crippen LogP contribution is -2.35. The molecule has 1 amide bonds. The van der Waals surface area contributed by atoms with Crippen LogP contribution in [0.3, 0.4) is 0 Å². The average Bonchev–Trinajstić information content (AvgIpc) is 2.78. The van der Waals surface area contributed by atoms with Gasteiger partial charge in [0.25, 0.3) is 0 Å². The van der Waals surface area contributed by atoms with Gasteiger partial charge in [0, 0.05) is 0 Å². The summed E-state index contributed by atoms with van der Waals surface area (Å²) < 4.78 is 0. The van der Waals surface area contributed by atoms with E-state index in [1.165, 1.54) is 0 Å². The molecule has 1 fully saturated rings. The van der Waals surface area contributed by atoms with Crippen molar-refractivity contribution in [2.24, 2.45) is 0 Å². The molecule has 1 aromatic rings. The van der Waals surface area contributed by atoms with E-state index in [-0.39, 0.29) is 11.9 Å². The van der Waals surface area contributed by atoms with Crippen LogP contribution < -0.4 is 10.6 Å². The number of nitrogens with one attached hydrogen (secondary N) is 2. The number of benzene rings is 1. The molecule has 1 aromatic carbocycles. The highest BCUT2D eigenvalue weighted by Crippen LogP contribution is 2.29. The van der Waals surface area contributed by atoms with Gasteiger partial charge in [-0.25, -0.2) is 0 Å². The smallest absolute Gasteiger partial charge is 0.241 e. The molecule has 1 heterocycles. The highest BCUT2D eigenvalue weighted by Gasteiger charge is 2.22. The number of rotatable bonds is 2. The Hall–Kier alpha value is -0.770. The summed E-state index contributed by atoms with van der Waals surface area (Å²) in [6.45, 7) is 0.890. The minimum Gasteiger partial charge on any atom is -0.323 e. The summed E-state index contributed by atoms with van der Waals surface area (Å²) in [7, 11) is 0. The topological polar surface area (TPSA) is 41.1 Å². The third-order valence-corrected chi connectivity index (χ3v) is 3.41. The van der Waals surface area contributed by atoms with Crippen LogP contribution in [-0.4, -0.2) is 18.5 Å². The van der Waals surface area contributed by atoms with Crippen molar-refractivity contribution in [3.05, 3.63) is 28.2 Å². The highest BCUT2D eigenvalue weighted by molar-refractivity contribution is 6.44. The monoisotopic (exact) mass is 258 g/mol. The van der Waals surface area contributed by atoms with Crippen molar-refractivity contribution in [3.63, 3.8) is 0 Å². The molecule has 2 rings (SSSR count). The highest BCUT2D eigenvalue weighted by atomic mass is 35.5. The molecule has 0 radical (unpaired) electrons. The Kier molecular flexibility index (Phi) is 3.69. The van der Waals surface area contributed by atoms with Gasteiger partial charge in [-0.1, -0.05) is 29.3 Å². The second-order valence-corrected chi connectivity index (χ2v) is 4.52. The maximum absolute atomic E-state index is 11.8. The summed E-state index contributed by atoms with van der Waals surface area (Å²) >= 11 is 11.8. The fourth-order valence-electron chi connectivity index (χ4n) is 1.73. The number of carbonyl (C=O) groups excluding carboxylic acids is 1. The van der Waals surface area contributed by atoms with Gasteiger partial charge in [-0.2, -0.15) is 0 Å². The van der Waals surface area contributed by atoms with Crippen molar-refractivity contribution >= 4 is 34.8 Å². The van der Waals surface area contributed by atoms with Crippen LogP contribution in [0.1, 0.15) is 12.8 Å². The number of anilines is 1. The molecular weight excluding hydrogens is 247 g/mol. The maximum Gasteiger partial charge on any atom is 0.241 e. The Balaban J connectivity index is 2.08. The van der Waals surface area contributed by atoms with Crippen LogP contribution in [0, 0.1) is 0 Å². The van der Waals surface area contributed by atoms with Crippen LogP contribution in [0.4, 0.5) is 5.69 Å². The molecule has 5 heteroatoms. The van der Waals surface area contributed by atoms with Crippen molar-refractivity contribution in [2.45, 2.75) is 18.9 Å². The molecule has 86 valence electrons. The molecule has 16 heavy (non-hydrogen) atoms. The van der Waals surface area contributed by atoms with Crippen LogP contribution in [0.2, 0.25) is 10.0 Å². The summed E-state index contributed by atoms with van der Waals surface area (Å²) in [6, 6.07) is 5.07. The molecule has 0 spiro atoms. The predicted octanol–water partition coefficient (Wildman–Crippen LogP) is 2.68. The lowest BCUT2D eigenvalue weighted by molar-refractivity contribution is -0.117. The maximum atomic E-state index is 11.8. The Morgan fingerprint density at radius 2 is 2.25 bits per heavy atom. The van der Waals surface area contributed by atoms with Gasteiger partial charge < -0.3 is 10.6 Å². The fourth-order valence-corrected chi connectivity index (χ4v) is 2.08. The minimum atomic E-state index is -0.116. The van der Waals surface area contributed by atoms with E-state index >= 15 is 0 Å². The van der Waals surface area contributed by atoms with E-state index in [9.17, 15) is 4.79 Å². The van der Waals surface area contributed by atoms with Gasteiger partial charge in [-0.3, -0.25) is 4.79 Å². The predicted molar refractivity (Wildman–Crippen MR) is 66.1 cm³/mol. The molecule has 0 saturated carbocycles. The second-order valence-electron chi connectivity index (χ2n) is 3.74. The molecule has 3 nitrogen and oxygen atoms in total. The van der Waals surface area contributed by atoms with Crippen molar-refractivity contribution in [1.82, 2.24) is 5.32 Å². The largest absolute Gasteiger partial charge is 0.323 e. The quantitative estimate of drug-likeness (QED) is 0.857. The lowest BCUT2D eigenvalue weighted by Gasteiger charge is -2.12. The van der Waals surface area contributed by atoms with Crippen molar-refractivity contribution in [1.29, 1.82) is 0 Å². The van der Waals surface area contributed by atoms with Crippen LogP contribution in [-0.2, 0) is 4.79 Å². The number of carbonyl (C=O) groups is 1. The fraction of sp³-hybridized carbons (Fsp3) is 0.364. The van der Waals surface area contributed by atoms with Crippen LogP contribution in [0.15, 0.2) is 18.2 Å². The van der Waals surface area contributed by atoms with Gasteiger partial charge in [0.05, 0.1) is 21.8 Å². The van der Waals surface area contributed by atoms with Gasteiger partial charge in [0.15, 0.2) is 0 Å².